The summed E-state index contributed by atoms with van der Waals surface area (Å²) in [5.74, 6) is -1.50. The Morgan fingerprint density at radius 1 is 1.30 bits per heavy atom. The number of carboxylic acids is 1. The summed E-state index contributed by atoms with van der Waals surface area (Å²) < 4.78 is 1.85. The quantitative estimate of drug-likeness (QED) is 0.766. The number of nitrogens with zero attached hydrogens (tertiary/aromatic N) is 3. The minimum Gasteiger partial charge on any atom is -0.480 e. The van der Waals surface area contributed by atoms with Crippen molar-refractivity contribution in [1.29, 1.82) is 5.26 Å². The summed E-state index contributed by atoms with van der Waals surface area (Å²) in [6.07, 6.45) is 0. The van der Waals surface area contributed by atoms with Gasteiger partial charge in [0.2, 0.25) is 0 Å². The molecule has 0 spiro atoms. The van der Waals surface area contributed by atoms with Crippen molar-refractivity contribution in [2.75, 3.05) is 5.32 Å². The van der Waals surface area contributed by atoms with Crippen LogP contribution in [0.4, 0.5) is 5.82 Å². The van der Waals surface area contributed by atoms with Crippen LogP contribution < -0.4 is 16.6 Å². The van der Waals surface area contributed by atoms with E-state index in [1.54, 1.807) is 19.9 Å². The van der Waals surface area contributed by atoms with E-state index in [1.807, 2.05) is 0 Å². The van der Waals surface area contributed by atoms with Gasteiger partial charge in [0.05, 0.1) is 0 Å². The second-order valence-electron chi connectivity index (χ2n) is 4.75. The number of aromatic nitrogens is 2. The standard InChI is InChI=1S/C12H16N4O4/c1-6(2)8(11(18)19)14-9-7(5-13)10(17)16(4)12(20)15(9)3/h6,8,14H,1-4H3,(H,18,19)/t8-/m1/s1. The first-order chi connectivity index (χ1) is 9.22. The van der Waals surface area contributed by atoms with Gasteiger partial charge in [-0.05, 0) is 5.92 Å². The monoisotopic (exact) mass is 280 g/mol. The number of carboxylic acid groups (broad SMARTS) is 1. The lowest BCUT2D eigenvalue weighted by Gasteiger charge is -2.21. The molecule has 108 valence electrons. The number of carbonyl (C=O) groups is 1. The van der Waals surface area contributed by atoms with Crippen LogP contribution in [-0.2, 0) is 18.9 Å². The van der Waals surface area contributed by atoms with Gasteiger partial charge in [-0.3, -0.25) is 13.9 Å². The molecule has 0 unspecified atom stereocenters. The van der Waals surface area contributed by atoms with Crippen molar-refractivity contribution in [3.8, 4) is 6.07 Å². The zero-order chi connectivity index (χ0) is 15.6. The van der Waals surface area contributed by atoms with Crippen LogP contribution in [-0.4, -0.2) is 26.3 Å². The molecule has 0 bridgehead atoms. The molecule has 0 saturated carbocycles. The van der Waals surface area contributed by atoms with E-state index in [1.165, 1.54) is 14.1 Å². The molecule has 8 heteroatoms. The molecule has 0 saturated heterocycles. The van der Waals surface area contributed by atoms with E-state index in [0.717, 1.165) is 9.13 Å². The SMILES string of the molecule is CC(C)[C@@H](Nc1c(C#N)c(=O)n(C)c(=O)n1C)C(=O)O. The molecule has 2 N–H and O–H groups in total. The van der Waals surface area contributed by atoms with Crippen LogP contribution in [0.15, 0.2) is 9.59 Å². The summed E-state index contributed by atoms with van der Waals surface area (Å²) in [5.41, 5.74) is -1.68. The predicted octanol–water partition coefficient (Wildman–Crippen LogP) is -0.523. The molecule has 0 aliphatic carbocycles. The van der Waals surface area contributed by atoms with Gasteiger partial charge in [-0.25, -0.2) is 9.59 Å². The lowest BCUT2D eigenvalue weighted by Crippen LogP contribution is -2.43. The molecule has 1 rings (SSSR count). The summed E-state index contributed by atoms with van der Waals surface area (Å²) in [6.45, 7) is 3.36. The number of nitriles is 1. The fourth-order valence-corrected chi connectivity index (χ4v) is 1.77. The molecule has 0 aromatic carbocycles. The van der Waals surface area contributed by atoms with Gasteiger partial charge in [0.1, 0.15) is 17.9 Å². The Kier molecular flexibility index (Phi) is 4.34. The normalized spacial score (nSPS) is 12.0. The summed E-state index contributed by atoms with van der Waals surface area (Å²) >= 11 is 0. The molecule has 0 fully saturated rings. The minimum absolute atomic E-state index is 0.0818. The largest absolute Gasteiger partial charge is 0.480 e. The highest BCUT2D eigenvalue weighted by molar-refractivity contribution is 5.77. The molecule has 0 aliphatic rings. The molecule has 1 aromatic rings. The predicted molar refractivity (Wildman–Crippen MR) is 71.5 cm³/mol. The van der Waals surface area contributed by atoms with Crippen molar-refractivity contribution in [1.82, 2.24) is 9.13 Å². The third kappa shape index (κ3) is 2.56. The summed E-state index contributed by atoms with van der Waals surface area (Å²) in [4.78, 5) is 34.9. The third-order valence-electron chi connectivity index (χ3n) is 3.00. The van der Waals surface area contributed by atoms with Crippen molar-refractivity contribution >= 4 is 11.8 Å². The first kappa shape index (κ1) is 15.5. The van der Waals surface area contributed by atoms with E-state index in [2.05, 4.69) is 5.32 Å². The molecular weight excluding hydrogens is 264 g/mol. The van der Waals surface area contributed by atoms with Crippen molar-refractivity contribution in [2.45, 2.75) is 19.9 Å². The summed E-state index contributed by atoms with van der Waals surface area (Å²) in [7, 11) is 2.62. The van der Waals surface area contributed by atoms with Crippen molar-refractivity contribution in [3.05, 3.63) is 26.4 Å². The van der Waals surface area contributed by atoms with Gasteiger partial charge in [-0.15, -0.1) is 0 Å². The topological polar surface area (TPSA) is 117 Å². The highest BCUT2D eigenvalue weighted by Crippen LogP contribution is 2.13. The number of hydrogen-bond donors (Lipinski definition) is 2. The number of anilines is 1. The molecular formula is C12H16N4O4. The van der Waals surface area contributed by atoms with Crippen LogP contribution in [0.5, 0.6) is 0 Å². The van der Waals surface area contributed by atoms with Crippen LogP contribution in [0.3, 0.4) is 0 Å². The molecule has 0 amide bonds. The Balaban J connectivity index is 3.54. The average Bonchev–Trinajstić information content (AvgIpc) is 2.38. The third-order valence-corrected chi connectivity index (χ3v) is 3.00. The van der Waals surface area contributed by atoms with Crippen molar-refractivity contribution in [3.63, 3.8) is 0 Å². The van der Waals surface area contributed by atoms with Gasteiger partial charge >= 0.3 is 11.7 Å². The van der Waals surface area contributed by atoms with Gasteiger partial charge < -0.3 is 10.4 Å². The lowest BCUT2D eigenvalue weighted by molar-refractivity contribution is -0.138. The number of hydrogen-bond acceptors (Lipinski definition) is 5. The number of rotatable bonds is 4. The zero-order valence-corrected chi connectivity index (χ0v) is 11.7. The van der Waals surface area contributed by atoms with Gasteiger partial charge in [0, 0.05) is 14.1 Å². The highest BCUT2D eigenvalue weighted by atomic mass is 16.4. The molecule has 20 heavy (non-hydrogen) atoms. The first-order valence-electron chi connectivity index (χ1n) is 5.91. The maximum Gasteiger partial charge on any atom is 0.332 e. The van der Waals surface area contributed by atoms with Crippen LogP contribution in [0.2, 0.25) is 0 Å². The Morgan fingerprint density at radius 3 is 2.25 bits per heavy atom. The molecule has 1 aromatic heterocycles. The summed E-state index contributed by atoms with van der Waals surface area (Å²) in [6, 6.07) is 0.693. The second-order valence-corrected chi connectivity index (χ2v) is 4.75. The summed E-state index contributed by atoms with van der Waals surface area (Å²) in [5, 5.41) is 20.8. The van der Waals surface area contributed by atoms with E-state index < -0.39 is 23.3 Å². The van der Waals surface area contributed by atoms with E-state index in [0.29, 0.717) is 0 Å². The van der Waals surface area contributed by atoms with Crippen molar-refractivity contribution in [2.24, 2.45) is 20.0 Å². The lowest BCUT2D eigenvalue weighted by atomic mass is 10.0. The van der Waals surface area contributed by atoms with E-state index in [-0.39, 0.29) is 17.3 Å². The number of aliphatic carboxylic acids is 1. The highest BCUT2D eigenvalue weighted by Gasteiger charge is 2.25. The van der Waals surface area contributed by atoms with Crippen LogP contribution >= 0.6 is 0 Å². The Hall–Kier alpha value is -2.56. The number of nitrogens with one attached hydrogen (secondary N) is 1. The van der Waals surface area contributed by atoms with Crippen LogP contribution in [0, 0.1) is 17.2 Å². The van der Waals surface area contributed by atoms with E-state index in [9.17, 15) is 14.4 Å². The molecule has 0 aliphatic heterocycles. The molecule has 0 radical (unpaired) electrons. The van der Waals surface area contributed by atoms with Gasteiger partial charge in [0.25, 0.3) is 5.56 Å². The average molecular weight is 280 g/mol. The molecule has 1 heterocycles. The Bertz CT molecular complexity index is 693. The van der Waals surface area contributed by atoms with Gasteiger partial charge in [0.15, 0.2) is 5.56 Å². The molecule has 1 atom stereocenters. The maximum absolute atomic E-state index is 11.9. The fraction of sp³-hybridized carbons (Fsp3) is 0.500. The Morgan fingerprint density at radius 2 is 1.85 bits per heavy atom. The zero-order valence-electron chi connectivity index (χ0n) is 11.7. The van der Waals surface area contributed by atoms with Crippen LogP contribution in [0.1, 0.15) is 19.4 Å². The molecule has 8 nitrogen and oxygen atoms in total. The smallest absolute Gasteiger partial charge is 0.332 e. The van der Waals surface area contributed by atoms with Gasteiger partial charge in [-0.2, -0.15) is 5.26 Å². The van der Waals surface area contributed by atoms with Crippen LogP contribution in [0.25, 0.3) is 0 Å². The fourth-order valence-electron chi connectivity index (χ4n) is 1.77. The first-order valence-corrected chi connectivity index (χ1v) is 5.91. The van der Waals surface area contributed by atoms with E-state index >= 15 is 0 Å². The Labute approximate surface area is 114 Å². The van der Waals surface area contributed by atoms with Gasteiger partial charge in [-0.1, -0.05) is 13.8 Å². The van der Waals surface area contributed by atoms with E-state index in [4.69, 9.17) is 10.4 Å². The maximum atomic E-state index is 11.9. The van der Waals surface area contributed by atoms with Crippen molar-refractivity contribution < 1.29 is 9.90 Å². The minimum atomic E-state index is -1.13. The second kappa shape index (κ2) is 5.61.